The molecule has 0 amide bonds. The zero-order valence-electron chi connectivity index (χ0n) is 10.5. The van der Waals surface area contributed by atoms with Gasteiger partial charge in [-0.25, -0.2) is 8.78 Å². The van der Waals surface area contributed by atoms with Crippen LogP contribution in [0.5, 0.6) is 0 Å². The van der Waals surface area contributed by atoms with E-state index in [-0.39, 0.29) is 16.7 Å². The molecule has 92 valence electrons. The molecular formula is C13H16F2N2. The Kier molecular flexibility index (Phi) is 3.72. The lowest BCUT2D eigenvalue weighted by molar-refractivity contribution is 0.414. The number of nitriles is 1. The summed E-state index contributed by atoms with van der Waals surface area (Å²) in [6.45, 7) is 6.64. The summed E-state index contributed by atoms with van der Waals surface area (Å²) in [6.07, 6.45) is 0. The monoisotopic (exact) mass is 238 g/mol. The maximum Gasteiger partial charge on any atom is 0.183 e. The van der Waals surface area contributed by atoms with Crippen LogP contribution in [0.1, 0.15) is 26.3 Å². The molecule has 1 aromatic carbocycles. The van der Waals surface area contributed by atoms with Crippen molar-refractivity contribution in [1.82, 2.24) is 0 Å². The molecule has 0 bridgehead atoms. The van der Waals surface area contributed by atoms with E-state index in [9.17, 15) is 8.78 Å². The predicted octanol–water partition coefficient (Wildman–Crippen LogP) is 3.32. The van der Waals surface area contributed by atoms with Crippen LogP contribution in [0.3, 0.4) is 0 Å². The van der Waals surface area contributed by atoms with Gasteiger partial charge in [0.25, 0.3) is 0 Å². The lowest BCUT2D eigenvalue weighted by Crippen LogP contribution is -2.30. The highest BCUT2D eigenvalue weighted by Crippen LogP contribution is 2.25. The standard InChI is InChI=1S/C13H16F2N2/c1-13(2,3)8-17(4)10-6-5-9(7-16)11(14)12(10)15/h5-6H,8H2,1-4H3. The molecule has 0 saturated heterocycles. The second-order valence-corrected chi connectivity index (χ2v) is 5.29. The Bertz CT molecular complexity index is 456. The summed E-state index contributed by atoms with van der Waals surface area (Å²) in [5, 5.41) is 8.59. The smallest absolute Gasteiger partial charge is 0.183 e. The summed E-state index contributed by atoms with van der Waals surface area (Å²) < 4.78 is 27.1. The van der Waals surface area contributed by atoms with E-state index in [0.717, 1.165) is 0 Å². The van der Waals surface area contributed by atoms with Gasteiger partial charge in [-0.1, -0.05) is 20.8 Å². The van der Waals surface area contributed by atoms with E-state index in [1.54, 1.807) is 18.0 Å². The number of rotatable bonds is 2. The third-order valence-corrected chi connectivity index (χ3v) is 2.31. The summed E-state index contributed by atoms with van der Waals surface area (Å²) in [4.78, 5) is 1.65. The van der Waals surface area contributed by atoms with Crippen LogP contribution in [0.25, 0.3) is 0 Å². The van der Waals surface area contributed by atoms with E-state index in [0.29, 0.717) is 6.54 Å². The Hall–Kier alpha value is -1.63. The highest BCUT2D eigenvalue weighted by atomic mass is 19.2. The van der Waals surface area contributed by atoms with Gasteiger partial charge >= 0.3 is 0 Å². The van der Waals surface area contributed by atoms with Crippen LogP contribution in [0, 0.1) is 28.4 Å². The van der Waals surface area contributed by atoms with Gasteiger partial charge in [0.05, 0.1) is 11.3 Å². The highest BCUT2D eigenvalue weighted by molar-refractivity contribution is 5.51. The molecule has 2 nitrogen and oxygen atoms in total. The molecule has 0 atom stereocenters. The summed E-state index contributed by atoms with van der Waals surface area (Å²) in [7, 11) is 1.70. The molecule has 0 spiro atoms. The van der Waals surface area contributed by atoms with Crippen molar-refractivity contribution in [2.24, 2.45) is 5.41 Å². The predicted molar refractivity (Wildman–Crippen MR) is 63.8 cm³/mol. The highest BCUT2D eigenvalue weighted by Gasteiger charge is 2.19. The van der Waals surface area contributed by atoms with Crippen LogP contribution in [0.2, 0.25) is 0 Å². The second kappa shape index (κ2) is 4.70. The van der Waals surface area contributed by atoms with Crippen molar-refractivity contribution in [1.29, 1.82) is 5.26 Å². The molecule has 0 heterocycles. The molecule has 0 aliphatic heterocycles. The first kappa shape index (κ1) is 13.4. The van der Waals surface area contributed by atoms with Crippen LogP contribution in [-0.4, -0.2) is 13.6 Å². The van der Waals surface area contributed by atoms with Gasteiger partial charge in [0, 0.05) is 13.6 Å². The van der Waals surface area contributed by atoms with Crippen molar-refractivity contribution in [2.45, 2.75) is 20.8 Å². The molecule has 0 aliphatic carbocycles. The van der Waals surface area contributed by atoms with Gasteiger partial charge in [0.1, 0.15) is 6.07 Å². The molecule has 0 unspecified atom stereocenters. The number of hydrogen-bond acceptors (Lipinski definition) is 2. The fraction of sp³-hybridized carbons (Fsp3) is 0.462. The minimum absolute atomic E-state index is 0.0223. The van der Waals surface area contributed by atoms with Crippen molar-refractivity contribution in [2.75, 3.05) is 18.5 Å². The number of hydrogen-bond donors (Lipinski definition) is 0. The molecule has 0 fully saturated rings. The Labute approximate surface area is 100 Å². The van der Waals surface area contributed by atoms with E-state index in [2.05, 4.69) is 0 Å². The molecule has 0 aromatic heterocycles. The lowest BCUT2D eigenvalue weighted by atomic mass is 9.96. The lowest BCUT2D eigenvalue weighted by Gasteiger charge is -2.28. The molecule has 0 aliphatic rings. The maximum atomic E-state index is 13.7. The average molecular weight is 238 g/mol. The minimum Gasteiger partial charge on any atom is -0.372 e. The van der Waals surface area contributed by atoms with Crippen molar-refractivity contribution in [3.63, 3.8) is 0 Å². The van der Waals surface area contributed by atoms with E-state index >= 15 is 0 Å². The molecule has 0 N–H and O–H groups in total. The molecule has 1 rings (SSSR count). The Morgan fingerprint density at radius 3 is 2.29 bits per heavy atom. The topological polar surface area (TPSA) is 27.0 Å². The fourth-order valence-electron chi connectivity index (χ4n) is 1.72. The third kappa shape index (κ3) is 3.16. The molecule has 1 aromatic rings. The zero-order valence-corrected chi connectivity index (χ0v) is 10.5. The maximum absolute atomic E-state index is 13.7. The molecule has 17 heavy (non-hydrogen) atoms. The average Bonchev–Trinajstić information content (AvgIpc) is 2.19. The second-order valence-electron chi connectivity index (χ2n) is 5.29. The van der Waals surface area contributed by atoms with Crippen LogP contribution in [-0.2, 0) is 0 Å². The van der Waals surface area contributed by atoms with Crippen molar-refractivity contribution < 1.29 is 8.78 Å². The number of halogens is 2. The Morgan fingerprint density at radius 2 is 1.82 bits per heavy atom. The fourth-order valence-corrected chi connectivity index (χ4v) is 1.72. The molecule has 0 radical (unpaired) electrons. The molecule has 0 saturated carbocycles. The van der Waals surface area contributed by atoms with Gasteiger partial charge in [0.15, 0.2) is 11.6 Å². The summed E-state index contributed by atoms with van der Waals surface area (Å²) in [6, 6.07) is 4.35. The number of benzene rings is 1. The summed E-state index contributed by atoms with van der Waals surface area (Å²) in [5.74, 6) is -2.04. The van der Waals surface area contributed by atoms with Crippen LogP contribution in [0.4, 0.5) is 14.5 Å². The van der Waals surface area contributed by atoms with E-state index in [4.69, 9.17) is 5.26 Å². The van der Waals surface area contributed by atoms with Crippen LogP contribution >= 0.6 is 0 Å². The van der Waals surface area contributed by atoms with E-state index in [1.165, 1.54) is 12.1 Å². The summed E-state index contributed by atoms with van der Waals surface area (Å²) >= 11 is 0. The summed E-state index contributed by atoms with van der Waals surface area (Å²) in [5.41, 5.74) is -0.113. The largest absolute Gasteiger partial charge is 0.372 e. The Morgan fingerprint density at radius 1 is 1.24 bits per heavy atom. The van der Waals surface area contributed by atoms with Crippen molar-refractivity contribution in [3.8, 4) is 6.07 Å². The minimum atomic E-state index is -1.08. The first-order valence-electron chi connectivity index (χ1n) is 5.35. The quantitative estimate of drug-likeness (QED) is 0.790. The first-order chi connectivity index (χ1) is 7.76. The first-order valence-corrected chi connectivity index (χ1v) is 5.35. The Balaban J connectivity index is 3.09. The third-order valence-electron chi connectivity index (χ3n) is 2.31. The van der Waals surface area contributed by atoms with Gasteiger partial charge in [-0.05, 0) is 17.5 Å². The number of anilines is 1. The zero-order chi connectivity index (χ0) is 13.2. The van der Waals surface area contributed by atoms with Crippen molar-refractivity contribution >= 4 is 5.69 Å². The molecular weight excluding hydrogens is 222 g/mol. The van der Waals surface area contributed by atoms with Gasteiger partial charge in [-0.3, -0.25) is 0 Å². The van der Waals surface area contributed by atoms with Gasteiger partial charge in [0.2, 0.25) is 0 Å². The van der Waals surface area contributed by atoms with Crippen LogP contribution < -0.4 is 4.90 Å². The van der Waals surface area contributed by atoms with E-state index in [1.807, 2.05) is 20.8 Å². The van der Waals surface area contributed by atoms with Crippen LogP contribution in [0.15, 0.2) is 12.1 Å². The molecule has 4 heteroatoms. The van der Waals surface area contributed by atoms with Gasteiger partial charge in [-0.2, -0.15) is 5.26 Å². The van der Waals surface area contributed by atoms with E-state index < -0.39 is 11.6 Å². The van der Waals surface area contributed by atoms with Gasteiger partial charge in [-0.15, -0.1) is 0 Å². The normalized spacial score (nSPS) is 11.1. The number of nitrogens with zero attached hydrogens (tertiary/aromatic N) is 2. The van der Waals surface area contributed by atoms with Gasteiger partial charge < -0.3 is 4.90 Å². The van der Waals surface area contributed by atoms with Crippen molar-refractivity contribution in [3.05, 3.63) is 29.3 Å². The SMILES string of the molecule is CN(CC(C)(C)C)c1ccc(C#N)c(F)c1F.